The fourth-order valence-corrected chi connectivity index (χ4v) is 0.975. The molecular weight excluding hydrogens is 184 g/mol. The van der Waals surface area contributed by atoms with Crippen molar-refractivity contribution in [3.8, 4) is 0 Å². The fourth-order valence-electron chi connectivity index (χ4n) is 0.975. The molecule has 1 amide bonds. The molecule has 0 aliphatic heterocycles. The lowest BCUT2D eigenvalue weighted by atomic mass is 10.4. The van der Waals surface area contributed by atoms with Crippen molar-refractivity contribution in [1.29, 1.82) is 0 Å². The second-order valence-corrected chi connectivity index (χ2v) is 3.36. The quantitative estimate of drug-likeness (QED) is 0.145. The van der Waals surface area contributed by atoms with Crippen LogP contribution in [0.2, 0.25) is 0 Å². The van der Waals surface area contributed by atoms with E-state index < -0.39 is 0 Å². The third-order valence-electron chi connectivity index (χ3n) is 1.91. The van der Waals surface area contributed by atoms with Gasteiger partial charge in [-0.2, -0.15) is 0 Å². The van der Waals surface area contributed by atoms with Gasteiger partial charge in [-0.3, -0.25) is 4.79 Å². The zero-order chi connectivity index (χ0) is 10.4. The standard InChI is InChI=1S/C8H16N4O2/c9-7(12-14)3-4-10-5-8(13)11-6-1-2-6/h6,10,14H,1-5H2,(H2,9,12)(H,11,13). The van der Waals surface area contributed by atoms with Gasteiger partial charge in [0.25, 0.3) is 0 Å². The van der Waals surface area contributed by atoms with Crippen molar-refractivity contribution < 1.29 is 10.0 Å². The number of nitrogens with one attached hydrogen (secondary N) is 2. The summed E-state index contributed by atoms with van der Waals surface area (Å²) in [4.78, 5) is 11.1. The molecule has 1 fully saturated rings. The maximum absolute atomic E-state index is 11.1. The number of nitrogens with zero attached hydrogens (tertiary/aromatic N) is 1. The Balaban J connectivity index is 1.94. The molecule has 80 valence electrons. The molecule has 0 aromatic heterocycles. The van der Waals surface area contributed by atoms with E-state index >= 15 is 0 Å². The van der Waals surface area contributed by atoms with Gasteiger partial charge in [0.1, 0.15) is 5.84 Å². The average Bonchev–Trinajstić information content (AvgIpc) is 2.95. The molecule has 0 aromatic carbocycles. The first-order valence-electron chi connectivity index (χ1n) is 4.69. The van der Waals surface area contributed by atoms with Gasteiger partial charge in [-0.05, 0) is 12.8 Å². The van der Waals surface area contributed by atoms with Crippen molar-refractivity contribution in [2.45, 2.75) is 25.3 Å². The summed E-state index contributed by atoms with van der Waals surface area (Å²) in [7, 11) is 0. The Bertz CT molecular complexity index is 225. The van der Waals surface area contributed by atoms with Crippen molar-refractivity contribution in [2.75, 3.05) is 13.1 Å². The molecule has 5 N–H and O–H groups in total. The van der Waals surface area contributed by atoms with Gasteiger partial charge in [0.15, 0.2) is 0 Å². The predicted molar refractivity (Wildman–Crippen MR) is 52.1 cm³/mol. The number of oxime groups is 1. The normalized spacial score (nSPS) is 16.7. The summed E-state index contributed by atoms with van der Waals surface area (Å²) < 4.78 is 0. The number of amidine groups is 1. The van der Waals surface area contributed by atoms with E-state index in [2.05, 4.69) is 15.8 Å². The highest BCUT2D eigenvalue weighted by molar-refractivity contribution is 5.80. The molecule has 1 aliphatic carbocycles. The Labute approximate surface area is 82.5 Å². The van der Waals surface area contributed by atoms with Crippen LogP contribution in [0.25, 0.3) is 0 Å². The molecule has 0 unspecified atom stereocenters. The largest absolute Gasteiger partial charge is 0.409 e. The van der Waals surface area contributed by atoms with E-state index in [1.807, 2.05) is 0 Å². The fraction of sp³-hybridized carbons (Fsp3) is 0.750. The Morgan fingerprint density at radius 3 is 2.86 bits per heavy atom. The summed E-state index contributed by atoms with van der Waals surface area (Å²) in [5, 5.41) is 16.8. The Hall–Kier alpha value is -1.30. The molecule has 1 aliphatic rings. The van der Waals surface area contributed by atoms with Crippen LogP contribution in [0.1, 0.15) is 19.3 Å². The van der Waals surface area contributed by atoms with E-state index in [0.29, 0.717) is 19.0 Å². The number of hydrogen-bond acceptors (Lipinski definition) is 4. The van der Waals surface area contributed by atoms with Crippen molar-refractivity contribution in [3.63, 3.8) is 0 Å². The zero-order valence-electron chi connectivity index (χ0n) is 7.99. The van der Waals surface area contributed by atoms with Crippen LogP contribution in [0, 0.1) is 0 Å². The number of rotatable bonds is 6. The number of amides is 1. The molecule has 6 heteroatoms. The average molecular weight is 200 g/mol. The zero-order valence-corrected chi connectivity index (χ0v) is 7.99. The maximum atomic E-state index is 11.1. The third-order valence-corrected chi connectivity index (χ3v) is 1.91. The van der Waals surface area contributed by atoms with Crippen molar-refractivity contribution in [3.05, 3.63) is 0 Å². The molecule has 0 spiro atoms. The van der Waals surface area contributed by atoms with Crippen LogP contribution in [0.4, 0.5) is 0 Å². The first kappa shape index (κ1) is 10.8. The summed E-state index contributed by atoms with van der Waals surface area (Å²) in [5.41, 5.74) is 5.24. The molecule has 0 heterocycles. The number of carbonyl (C=O) groups is 1. The summed E-state index contributed by atoms with van der Waals surface area (Å²) >= 11 is 0. The molecule has 0 saturated heterocycles. The van der Waals surface area contributed by atoms with Crippen LogP contribution in [0.15, 0.2) is 5.16 Å². The number of carbonyl (C=O) groups excluding carboxylic acids is 1. The molecule has 1 rings (SSSR count). The minimum Gasteiger partial charge on any atom is -0.409 e. The van der Waals surface area contributed by atoms with E-state index in [9.17, 15) is 4.79 Å². The summed E-state index contributed by atoms with van der Waals surface area (Å²) in [6.07, 6.45) is 2.62. The van der Waals surface area contributed by atoms with E-state index in [0.717, 1.165) is 12.8 Å². The Morgan fingerprint density at radius 2 is 2.29 bits per heavy atom. The molecule has 0 aromatic rings. The second kappa shape index (κ2) is 5.43. The molecule has 0 radical (unpaired) electrons. The lowest BCUT2D eigenvalue weighted by Gasteiger charge is -2.04. The molecule has 6 nitrogen and oxygen atoms in total. The van der Waals surface area contributed by atoms with Gasteiger partial charge in [0.05, 0.1) is 6.54 Å². The van der Waals surface area contributed by atoms with Crippen LogP contribution in [0.5, 0.6) is 0 Å². The molecule has 1 saturated carbocycles. The van der Waals surface area contributed by atoms with Crippen LogP contribution >= 0.6 is 0 Å². The minimum absolute atomic E-state index is 0.00649. The summed E-state index contributed by atoms with van der Waals surface area (Å²) in [6.45, 7) is 0.823. The summed E-state index contributed by atoms with van der Waals surface area (Å²) in [5.74, 6) is 0.173. The Kier molecular flexibility index (Phi) is 4.18. The van der Waals surface area contributed by atoms with E-state index in [-0.39, 0.29) is 18.3 Å². The minimum atomic E-state index is 0.00649. The first-order chi connectivity index (χ1) is 6.72. The highest BCUT2D eigenvalue weighted by Gasteiger charge is 2.22. The maximum Gasteiger partial charge on any atom is 0.234 e. The second-order valence-electron chi connectivity index (χ2n) is 3.36. The van der Waals surface area contributed by atoms with Crippen molar-refractivity contribution in [1.82, 2.24) is 10.6 Å². The van der Waals surface area contributed by atoms with Gasteiger partial charge in [-0.15, -0.1) is 0 Å². The van der Waals surface area contributed by atoms with Crippen LogP contribution in [-0.2, 0) is 4.79 Å². The topological polar surface area (TPSA) is 99.7 Å². The van der Waals surface area contributed by atoms with Gasteiger partial charge >= 0.3 is 0 Å². The lowest BCUT2D eigenvalue weighted by molar-refractivity contribution is -0.120. The SMILES string of the molecule is NC(CCNCC(=O)NC1CC1)=NO. The number of hydrogen-bond donors (Lipinski definition) is 4. The molecule has 0 bridgehead atoms. The predicted octanol–water partition coefficient (Wildman–Crippen LogP) is -1.01. The van der Waals surface area contributed by atoms with Crippen LogP contribution in [0.3, 0.4) is 0 Å². The van der Waals surface area contributed by atoms with Gasteiger partial charge in [0.2, 0.25) is 5.91 Å². The van der Waals surface area contributed by atoms with Crippen LogP contribution in [-0.4, -0.2) is 36.1 Å². The monoisotopic (exact) mass is 200 g/mol. The van der Waals surface area contributed by atoms with Crippen LogP contribution < -0.4 is 16.4 Å². The number of nitrogens with two attached hydrogens (primary N) is 1. The van der Waals surface area contributed by atoms with Crippen molar-refractivity contribution in [2.24, 2.45) is 10.9 Å². The smallest absolute Gasteiger partial charge is 0.234 e. The Morgan fingerprint density at radius 1 is 1.57 bits per heavy atom. The molecular formula is C8H16N4O2. The highest BCUT2D eigenvalue weighted by atomic mass is 16.4. The van der Waals surface area contributed by atoms with Gasteiger partial charge < -0.3 is 21.6 Å². The van der Waals surface area contributed by atoms with Gasteiger partial charge in [-0.1, -0.05) is 5.16 Å². The summed E-state index contributed by atoms with van der Waals surface area (Å²) in [6, 6.07) is 0.397. The van der Waals surface area contributed by atoms with E-state index in [1.165, 1.54) is 0 Å². The first-order valence-corrected chi connectivity index (χ1v) is 4.69. The molecule has 0 atom stereocenters. The van der Waals surface area contributed by atoms with Crippen molar-refractivity contribution >= 4 is 11.7 Å². The lowest BCUT2D eigenvalue weighted by Crippen LogP contribution is -2.36. The van der Waals surface area contributed by atoms with Gasteiger partial charge in [-0.25, -0.2) is 0 Å². The van der Waals surface area contributed by atoms with E-state index in [1.54, 1.807) is 0 Å². The molecule has 14 heavy (non-hydrogen) atoms. The third kappa shape index (κ3) is 4.66. The van der Waals surface area contributed by atoms with E-state index in [4.69, 9.17) is 10.9 Å². The van der Waals surface area contributed by atoms with Gasteiger partial charge in [0, 0.05) is 19.0 Å². The highest BCUT2D eigenvalue weighted by Crippen LogP contribution is 2.17.